The smallest absolute Gasteiger partial charge is 0.125 e. The zero-order valence-electron chi connectivity index (χ0n) is 13.0. The highest BCUT2D eigenvalue weighted by atomic mass is 35.5. The van der Waals surface area contributed by atoms with E-state index in [1.807, 2.05) is 56.3 Å². The van der Waals surface area contributed by atoms with Crippen LogP contribution in [0, 0.1) is 13.8 Å². The lowest BCUT2D eigenvalue weighted by Crippen LogP contribution is -2.12. The fraction of sp³-hybridized carbons (Fsp3) is 0.333. The van der Waals surface area contributed by atoms with Crippen molar-refractivity contribution in [3.05, 3.63) is 64.7 Å². The molecule has 0 fully saturated rings. The molecule has 0 amide bonds. The van der Waals surface area contributed by atoms with Gasteiger partial charge in [0.25, 0.3) is 0 Å². The summed E-state index contributed by atoms with van der Waals surface area (Å²) in [6, 6.07) is 13.8. The van der Waals surface area contributed by atoms with Crippen LogP contribution in [0.5, 0.6) is 5.75 Å². The molecule has 0 saturated carbocycles. The molecule has 2 aromatic carbocycles. The summed E-state index contributed by atoms with van der Waals surface area (Å²) in [5, 5.41) is 0. The molecule has 120 valence electrons. The van der Waals surface area contributed by atoms with Crippen LogP contribution in [0.3, 0.4) is 0 Å². The number of alkyl halides is 1. The minimum absolute atomic E-state index is 0. The molecule has 22 heavy (non-hydrogen) atoms. The summed E-state index contributed by atoms with van der Waals surface area (Å²) in [7, 11) is 0. The van der Waals surface area contributed by atoms with Crippen LogP contribution >= 0.6 is 12.4 Å². The molecule has 1 atom stereocenters. The molecule has 0 heterocycles. The Hall–Kier alpha value is -1.58. The van der Waals surface area contributed by atoms with Crippen molar-refractivity contribution >= 4 is 12.4 Å². The van der Waals surface area contributed by atoms with Gasteiger partial charge in [-0.1, -0.05) is 42.5 Å². The van der Waals surface area contributed by atoms with Crippen LogP contribution < -0.4 is 10.5 Å². The summed E-state index contributed by atoms with van der Waals surface area (Å²) in [6.07, 6.45) is 0.350. The van der Waals surface area contributed by atoms with E-state index in [4.69, 9.17) is 10.5 Å². The SMILES string of the molecule is Cc1cc([C@H](N)CCF)cc(C)c1OCc1ccccc1.Cl. The molecule has 4 heteroatoms. The molecule has 0 saturated heterocycles. The van der Waals surface area contributed by atoms with E-state index in [1.165, 1.54) is 0 Å². The van der Waals surface area contributed by atoms with Gasteiger partial charge in [-0.15, -0.1) is 12.4 Å². The van der Waals surface area contributed by atoms with Crippen LogP contribution in [0.15, 0.2) is 42.5 Å². The highest BCUT2D eigenvalue weighted by Gasteiger charge is 2.11. The maximum absolute atomic E-state index is 12.4. The Bertz CT molecular complexity index is 566. The Balaban J connectivity index is 0.00000242. The molecule has 0 aliphatic rings. The van der Waals surface area contributed by atoms with E-state index in [9.17, 15) is 4.39 Å². The van der Waals surface area contributed by atoms with Crippen molar-refractivity contribution in [3.63, 3.8) is 0 Å². The average molecular weight is 324 g/mol. The molecule has 0 aliphatic carbocycles. The predicted octanol–water partition coefficient (Wildman–Crippen LogP) is 4.66. The minimum atomic E-state index is -0.397. The number of hydrogen-bond acceptors (Lipinski definition) is 2. The topological polar surface area (TPSA) is 35.2 Å². The van der Waals surface area contributed by atoms with Gasteiger partial charge in [-0.3, -0.25) is 4.39 Å². The van der Waals surface area contributed by atoms with Crippen LogP contribution in [-0.2, 0) is 6.61 Å². The monoisotopic (exact) mass is 323 g/mol. The molecule has 2 nitrogen and oxygen atoms in total. The van der Waals surface area contributed by atoms with Gasteiger partial charge in [-0.05, 0) is 42.5 Å². The van der Waals surface area contributed by atoms with Gasteiger partial charge in [0.05, 0.1) is 6.67 Å². The van der Waals surface area contributed by atoms with Crippen molar-refractivity contribution in [1.82, 2.24) is 0 Å². The first kappa shape index (κ1) is 18.5. The second kappa shape index (κ2) is 8.76. The summed E-state index contributed by atoms with van der Waals surface area (Å²) in [6.45, 7) is 4.14. The van der Waals surface area contributed by atoms with E-state index >= 15 is 0 Å². The van der Waals surface area contributed by atoms with E-state index in [-0.39, 0.29) is 18.4 Å². The van der Waals surface area contributed by atoms with Crippen LogP contribution in [0.1, 0.15) is 34.7 Å². The number of benzene rings is 2. The Labute approximate surface area is 137 Å². The van der Waals surface area contributed by atoms with Crippen molar-refractivity contribution in [3.8, 4) is 5.75 Å². The largest absolute Gasteiger partial charge is 0.488 e. The van der Waals surface area contributed by atoms with Gasteiger partial charge in [0.1, 0.15) is 12.4 Å². The molecule has 0 aromatic heterocycles. The molecule has 0 aliphatic heterocycles. The second-order valence-electron chi connectivity index (χ2n) is 5.34. The Morgan fingerprint density at radius 1 is 1.09 bits per heavy atom. The minimum Gasteiger partial charge on any atom is -0.488 e. The quantitative estimate of drug-likeness (QED) is 0.838. The third-order valence-electron chi connectivity index (χ3n) is 3.56. The van der Waals surface area contributed by atoms with Gasteiger partial charge in [-0.25, -0.2) is 0 Å². The van der Waals surface area contributed by atoms with Crippen LogP contribution in [0.4, 0.5) is 4.39 Å². The lowest BCUT2D eigenvalue weighted by Gasteiger charge is -2.17. The first-order chi connectivity index (χ1) is 10.1. The van der Waals surface area contributed by atoms with Gasteiger partial charge in [-0.2, -0.15) is 0 Å². The van der Waals surface area contributed by atoms with Crippen molar-refractivity contribution in [2.45, 2.75) is 32.9 Å². The van der Waals surface area contributed by atoms with E-state index in [1.54, 1.807) is 0 Å². The average Bonchev–Trinajstić information content (AvgIpc) is 2.47. The van der Waals surface area contributed by atoms with E-state index in [0.29, 0.717) is 13.0 Å². The molecule has 0 unspecified atom stereocenters. The zero-order valence-corrected chi connectivity index (χ0v) is 13.8. The molecule has 0 radical (unpaired) electrons. The standard InChI is InChI=1S/C18H22FNO.ClH/c1-13-10-16(17(20)8-9-19)11-14(2)18(13)21-12-15-6-4-3-5-7-15;/h3-7,10-11,17H,8-9,12,20H2,1-2H3;1H/t17-;/m1./s1. The van der Waals surface area contributed by atoms with Crippen molar-refractivity contribution in [2.75, 3.05) is 6.67 Å². The highest BCUT2D eigenvalue weighted by molar-refractivity contribution is 5.85. The second-order valence-corrected chi connectivity index (χ2v) is 5.34. The van der Waals surface area contributed by atoms with Crippen LogP contribution in [-0.4, -0.2) is 6.67 Å². The van der Waals surface area contributed by atoms with Gasteiger partial charge in [0, 0.05) is 6.04 Å². The zero-order chi connectivity index (χ0) is 15.2. The summed E-state index contributed by atoms with van der Waals surface area (Å²) < 4.78 is 18.3. The lowest BCUT2D eigenvalue weighted by atomic mass is 9.99. The Morgan fingerprint density at radius 2 is 1.68 bits per heavy atom. The fourth-order valence-electron chi connectivity index (χ4n) is 2.44. The number of halogens is 2. The van der Waals surface area contributed by atoms with Gasteiger partial charge in [0.2, 0.25) is 0 Å². The van der Waals surface area contributed by atoms with Gasteiger partial charge < -0.3 is 10.5 Å². The number of nitrogens with two attached hydrogens (primary N) is 1. The van der Waals surface area contributed by atoms with Crippen LogP contribution in [0.25, 0.3) is 0 Å². The molecule has 0 bridgehead atoms. The molecular formula is C18H23ClFNO. The normalized spacial score (nSPS) is 11.6. The Kier molecular flexibility index (Phi) is 7.36. The number of rotatable bonds is 6. The van der Waals surface area contributed by atoms with E-state index < -0.39 is 6.67 Å². The maximum atomic E-state index is 12.4. The molecular weight excluding hydrogens is 301 g/mol. The summed E-state index contributed by atoms with van der Waals surface area (Å²) in [5.74, 6) is 0.884. The Morgan fingerprint density at radius 3 is 2.23 bits per heavy atom. The summed E-state index contributed by atoms with van der Waals surface area (Å²) >= 11 is 0. The first-order valence-corrected chi connectivity index (χ1v) is 7.21. The molecule has 2 N–H and O–H groups in total. The third kappa shape index (κ3) is 4.72. The van der Waals surface area contributed by atoms with E-state index in [0.717, 1.165) is 28.0 Å². The van der Waals surface area contributed by atoms with Crippen molar-refractivity contribution in [1.29, 1.82) is 0 Å². The maximum Gasteiger partial charge on any atom is 0.125 e. The van der Waals surface area contributed by atoms with E-state index in [2.05, 4.69) is 0 Å². The van der Waals surface area contributed by atoms with Crippen LogP contribution in [0.2, 0.25) is 0 Å². The van der Waals surface area contributed by atoms with Gasteiger partial charge >= 0.3 is 0 Å². The summed E-state index contributed by atoms with van der Waals surface area (Å²) in [4.78, 5) is 0. The first-order valence-electron chi connectivity index (χ1n) is 7.21. The highest BCUT2D eigenvalue weighted by Crippen LogP contribution is 2.28. The molecule has 2 rings (SSSR count). The number of aryl methyl sites for hydroxylation is 2. The molecule has 2 aromatic rings. The summed E-state index contributed by atoms with van der Waals surface area (Å²) in [5.41, 5.74) is 10.2. The van der Waals surface area contributed by atoms with Crippen molar-refractivity contribution in [2.24, 2.45) is 5.73 Å². The number of ether oxygens (including phenoxy) is 1. The third-order valence-corrected chi connectivity index (χ3v) is 3.56. The predicted molar refractivity (Wildman–Crippen MR) is 91.5 cm³/mol. The lowest BCUT2D eigenvalue weighted by molar-refractivity contribution is 0.301. The van der Waals surface area contributed by atoms with Crippen molar-refractivity contribution < 1.29 is 9.13 Å². The number of hydrogen-bond donors (Lipinski definition) is 1. The fourth-order valence-corrected chi connectivity index (χ4v) is 2.44. The molecule has 0 spiro atoms. The van der Waals surface area contributed by atoms with Gasteiger partial charge in [0.15, 0.2) is 0 Å².